The summed E-state index contributed by atoms with van der Waals surface area (Å²) in [4.78, 5) is 38.3. The number of aromatic nitrogens is 5. The number of nitrogens with one attached hydrogen (secondary N) is 4. The van der Waals surface area contributed by atoms with Gasteiger partial charge in [-0.25, -0.2) is 0 Å². The minimum atomic E-state index is -2.01. The number of likely N-dealkylation sites (N-methyl/N-ethyl adjacent to an activating group) is 1. The Morgan fingerprint density at radius 1 is 1.15 bits per heavy atom. The molecule has 6 radical (unpaired) electrons. The lowest BCUT2D eigenvalue weighted by Crippen LogP contribution is -2.50. The molecule has 1 aliphatic rings. The molecule has 0 bridgehead atoms. The number of carbonyl (C=O) groups excluding carboxylic acids is 3. The Balaban J connectivity index is 1.67. The van der Waals surface area contributed by atoms with E-state index in [0.717, 1.165) is 12.8 Å². The molecule has 0 saturated heterocycles. The van der Waals surface area contributed by atoms with Crippen molar-refractivity contribution in [2.24, 2.45) is 5.92 Å². The van der Waals surface area contributed by atoms with Crippen molar-refractivity contribution in [3.63, 3.8) is 0 Å². The van der Waals surface area contributed by atoms with E-state index in [4.69, 9.17) is 28.3 Å². The zero-order valence-electron chi connectivity index (χ0n) is 21.4. The van der Waals surface area contributed by atoms with Gasteiger partial charge in [0.15, 0.2) is 17.3 Å². The fraction of sp³-hybridized carbons (Fsp3) is 0.348. The Bertz CT molecular complexity index is 1390. The summed E-state index contributed by atoms with van der Waals surface area (Å²) in [6.45, 7) is 2.27. The lowest BCUT2D eigenvalue weighted by molar-refractivity contribution is -0.122. The molecule has 0 aliphatic heterocycles. The summed E-state index contributed by atoms with van der Waals surface area (Å²) in [5, 5.41) is 25.1. The van der Waals surface area contributed by atoms with Gasteiger partial charge in [-0.15, -0.1) is 10.2 Å². The molecule has 2 aromatic heterocycles. The number of benzene rings is 1. The number of rotatable bonds is 11. The fourth-order valence-electron chi connectivity index (χ4n) is 3.63. The van der Waals surface area contributed by atoms with Gasteiger partial charge in [0, 0.05) is 24.1 Å². The summed E-state index contributed by atoms with van der Waals surface area (Å²) in [5.41, 5.74) is 1.40. The highest BCUT2D eigenvalue weighted by Gasteiger charge is 2.30. The zero-order chi connectivity index (χ0) is 28.2. The summed E-state index contributed by atoms with van der Waals surface area (Å²) in [5.74, 6) is -0.793. The van der Waals surface area contributed by atoms with Crippen LogP contribution in [-0.2, 0) is 16.1 Å². The number of ether oxygens (including phenoxy) is 1. The molecular weight excluding hydrogens is 499 g/mol. The van der Waals surface area contributed by atoms with Crippen LogP contribution in [0.15, 0.2) is 30.5 Å². The van der Waals surface area contributed by atoms with Crippen molar-refractivity contribution >= 4 is 58.5 Å². The van der Waals surface area contributed by atoms with Gasteiger partial charge in [0.1, 0.15) is 12.2 Å². The third-order valence-electron chi connectivity index (χ3n) is 5.50. The molecule has 0 spiro atoms. The van der Waals surface area contributed by atoms with Gasteiger partial charge >= 0.3 is 0 Å². The van der Waals surface area contributed by atoms with Crippen molar-refractivity contribution in [2.45, 2.75) is 31.5 Å². The van der Waals surface area contributed by atoms with E-state index in [-0.39, 0.29) is 41.5 Å². The molecule has 0 atom stereocenters. The standard InChI is InChI=1S/C23H24B3N9O4/c1-3-27-18(36)11-35-28-10-16(34-35)13-5-4-6-14(20(13)39-2)29-15-9-17(30-21(37)12-7-8-12)32-33-19(15)22(38)31-23(24,25)26/h4-6,9-10,12H,3,7-8,11H2,1-2H3,(H,27,36)(H,31,38)(H2,29,30,32,37). The maximum absolute atomic E-state index is 12.8. The Morgan fingerprint density at radius 2 is 1.92 bits per heavy atom. The number of para-hydroxylation sites is 1. The van der Waals surface area contributed by atoms with E-state index in [0.29, 0.717) is 29.2 Å². The number of carbonyl (C=O) groups is 3. The van der Waals surface area contributed by atoms with Crippen LogP contribution >= 0.6 is 0 Å². The summed E-state index contributed by atoms with van der Waals surface area (Å²) in [7, 11) is 18.1. The summed E-state index contributed by atoms with van der Waals surface area (Å²) in [6, 6.07) is 6.64. The molecule has 3 amide bonds. The Labute approximate surface area is 228 Å². The van der Waals surface area contributed by atoms with Gasteiger partial charge in [-0.1, -0.05) is 11.3 Å². The molecule has 4 N–H and O–H groups in total. The van der Waals surface area contributed by atoms with Gasteiger partial charge in [-0.2, -0.15) is 15.0 Å². The van der Waals surface area contributed by atoms with E-state index in [1.165, 1.54) is 24.2 Å². The first kappa shape index (κ1) is 27.7. The Hall–Kier alpha value is -4.36. The monoisotopic (exact) mass is 523 g/mol. The number of anilines is 3. The smallest absolute Gasteiger partial charge is 0.272 e. The molecule has 13 nitrogen and oxygen atoms in total. The number of amides is 3. The first-order valence-electron chi connectivity index (χ1n) is 12.1. The van der Waals surface area contributed by atoms with Crippen LogP contribution in [0.4, 0.5) is 17.2 Å². The lowest BCUT2D eigenvalue weighted by atomic mass is 9.49. The van der Waals surface area contributed by atoms with Crippen LogP contribution in [0.2, 0.25) is 0 Å². The van der Waals surface area contributed by atoms with Gasteiger partial charge in [0.25, 0.3) is 5.91 Å². The van der Waals surface area contributed by atoms with Crippen molar-refractivity contribution in [1.29, 1.82) is 0 Å². The average molecular weight is 523 g/mol. The van der Waals surface area contributed by atoms with E-state index in [9.17, 15) is 14.4 Å². The van der Waals surface area contributed by atoms with E-state index in [1.54, 1.807) is 18.2 Å². The molecule has 1 aromatic carbocycles. The average Bonchev–Trinajstić information content (AvgIpc) is 3.62. The van der Waals surface area contributed by atoms with Gasteiger partial charge in [0.05, 0.1) is 48.2 Å². The molecule has 39 heavy (non-hydrogen) atoms. The predicted octanol–water partition coefficient (Wildman–Crippen LogP) is -0.182. The second kappa shape index (κ2) is 11.6. The van der Waals surface area contributed by atoms with Crippen molar-refractivity contribution in [2.75, 3.05) is 24.3 Å². The fourth-order valence-corrected chi connectivity index (χ4v) is 3.63. The Morgan fingerprint density at radius 3 is 2.59 bits per heavy atom. The first-order chi connectivity index (χ1) is 18.6. The Kier molecular flexibility index (Phi) is 8.22. The molecule has 194 valence electrons. The minimum absolute atomic E-state index is 0.0461. The van der Waals surface area contributed by atoms with Gasteiger partial charge in [0.2, 0.25) is 11.8 Å². The second-order valence-electron chi connectivity index (χ2n) is 8.87. The highest BCUT2D eigenvalue weighted by atomic mass is 16.5. The van der Waals surface area contributed by atoms with Crippen LogP contribution in [-0.4, -0.2) is 85.3 Å². The molecule has 1 aliphatic carbocycles. The molecular formula is C23H24B3N9O4. The van der Waals surface area contributed by atoms with Gasteiger partial charge in [-0.3, -0.25) is 14.4 Å². The molecule has 2 heterocycles. The largest absolute Gasteiger partial charge is 0.494 e. The number of hydrogen-bond acceptors (Lipinski definition) is 9. The second-order valence-corrected chi connectivity index (χ2v) is 8.87. The van der Waals surface area contributed by atoms with Gasteiger partial charge < -0.3 is 26.0 Å². The van der Waals surface area contributed by atoms with Crippen LogP contribution in [0.25, 0.3) is 11.3 Å². The van der Waals surface area contributed by atoms with Crippen molar-refractivity contribution in [1.82, 2.24) is 35.8 Å². The van der Waals surface area contributed by atoms with Crippen LogP contribution in [0.5, 0.6) is 5.75 Å². The quantitative estimate of drug-likeness (QED) is 0.250. The molecule has 3 aromatic rings. The van der Waals surface area contributed by atoms with Crippen LogP contribution in [0.3, 0.4) is 0 Å². The van der Waals surface area contributed by atoms with Gasteiger partial charge in [-0.05, 0) is 31.9 Å². The van der Waals surface area contributed by atoms with E-state index in [2.05, 4.69) is 41.7 Å². The summed E-state index contributed by atoms with van der Waals surface area (Å²) >= 11 is 0. The SMILES string of the molecule is [B]C([B])([B])NC(=O)c1nnc(NC(=O)C2CC2)cc1Nc1cccc(-c2cnn(CC(=O)NCC)n2)c1OC. The minimum Gasteiger partial charge on any atom is -0.494 e. The van der Waals surface area contributed by atoms with Crippen LogP contribution < -0.4 is 26.0 Å². The van der Waals surface area contributed by atoms with E-state index >= 15 is 0 Å². The predicted molar refractivity (Wildman–Crippen MR) is 145 cm³/mol. The number of methoxy groups -OCH3 is 1. The van der Waals surface area contributed by atoms with Crippen LogP contribution in [0, 0.1) is 5.92 Å². The summed E-state index contributed by atoms with van der Waals surface area (Å²) in [6.07, 6.45) is 3.10. The van der Waals surface area contributed by atoms with Crippen molar-refractivity contribution in [3.05, 3.63) is 36.2 Å². The normalized spacial score (nSPS) is 12.9. The molecule has 0 unspecified atom stereocenters. The number of nitrogens with zero attached hydrogens (tertiary/aromatic N) is 5. The van der Waals surface area contributed by atoms with E-state index < -0.39 is 11.1 Å². The topological polar surface area (TPSA) is 165 Å². The third-order valence-corrected chi connectivity index (χ3v) is 5.50. The maximum atomic E-state index is 12.8. The number of hydrogen-bond donors (Lipinski definition) is 4. The molecule has 16 heteroatoms. The zero-order valence-corrected chi connectivity index (χ0v) is 21.4. The molecule has 4 rings (SSSR count). The summed E-state index contributed by atoms with van der Waals surface area (Å²) < 4.78 is 5.66. The lowest BCUT2D eigenvalue weighted by Gasteiger charge is -2.23. The maximum Gasteiger partial charge on any atom is 0.272 e. The van der Waals surface area contributed by atoms with Crippen LogP contribution in [0.1, 0.15) is 30.3 Å². The van der Waals surface area contributed by atoms with Crippen molar-refractivity contribution in [3.8, 4) is 17.0 Å². The highest BCUT2D eigenvalue weighted by Crippen LogP contribution is 2.37. The van der Waals surface area contributed by atoms with Crippen molar-refractivity contribution < 1.29 is 19.1 Å². The third kappa shape index (κ3) is 7.15. The molecule has 1 fully saturated rings. The van der Waals surface area contributed by atoms with E-state index in [1.807, 2.05) is 6.92 Å². The first-order valence-corrected chi connectivity index (χ1v) is 12.1. The molecule has 1 saturated carbocycles. The highest BCUT2D eigenvalue weighted by molar-refractivity contribution is 6.60.